The Morgan fingerprint density at radius 3 is 3.10 bits per heavy atom. The summed E-state index contributed by atoms with van der Waals surface area (Å²) in [5.74, 6) is 0. The van der Waals surface area contributed by atoms with Crippen molar-refractivity contribution in [3.63, 3.8) is 0 Å². The van der Waals surface area contributed by atoms with Gasteiger partial charge in [-0.25, -0.2) is 0 Å². The predicted molar refractivity (Wildman–Crippen MR) is 39.2 cm³/mol. The van der Waals surface area contributed by atoms with Crippen molar-refractivity contribution >= 4 is 0 Å². The standard InChI is InChI=1S/C8H9N2/c1-6-2-7-3-9-4-8(7)5-10-6/h2,5,9H,1,3-4H2. The van der Waals surface area contributed by atoms with E-state index >= 15 is 0 Å². The van der Waals surface area contributed by atoms with Gasteiger partial charge in [-0.3, -0.25) is 4.98 Å². The first kappa shape index (κ1) is 5.86. The summed E-state index contributed by atoms with van der Waals surface area (Å²) in [5.41, 5.74) is 3.52. The molecule has 0 unspecified atom stereocenters. The van der Waals surface area contributed by atoms with Gasteiger partial charge in [-0.15, -0.1) is 0 Å². The first-order valence-electron chi connectivity index (χ1n) is 3.37. The maximum Gasteiger partial charge on any atom is 0.0410 e. The van der Waals surface area contributed by atoms with Gasteiger partial charge < -0.3 is 5.32 Å². The molecule has 1 N–H and O–H groups in total. The molecule has 0 fully saturated rings. The summed E-state index contributed by atoms with van der Waals surface area (Å²) in [4.78, 5) is 4.10. The number of hydrogen-bond donors (Lipinski definition) is 1. The van der Waals surface area contributed by atoms with Gasteiger partial charge in [0.25, 0.3) is 0 Å². The number of rotatable bonds is 0. The van der Waals surface area contributed by atoms with Crippen molar-refractivity contribution in [2.75, 3.05) is 0 Å². The van der Waals surface area contributed by atoms with Crippen molar-refractivity contribution in [3.05, 3.63) is 36.0 Å². The summed E-state index contributed by atoms with van der Waals surface area (Å²) in [6.45, 7) is 5.69. The van der Waals surface area contributed by atoms with E-state index in [9.17, 15) is 0 Å². The molecule has 0 spiro atoms. The molecule has 10 heavy (non-hydrogen) atoms. The molecular formula is C8H9N2. The van der Waals surface area contributed by atoms with Gasteiger partial charge in [-0.2, -0.15) is 0 Å². The zero-order valence-corrected chi connectivity index (χ0v) is 5.72. The lowest BCUT2D eigenvalue weighted by Gasteiger charge is -1.96. The van der Waals surface area contributed by atoms with Crippen molar-refractivity contribution in [2.24, 2.45) is 0 Å². The Morgan fingerprint density at radius 2 is 2.20 bits per heavy atom. The first-order valence-corrected chi connectivity index (χ1v) is 3.37. The molecule has 1 aromatic heterocycles. The Bertz CT molecular complexity index is 255. The van der Waals surface area contributed by atoms with Gasteiger partial charge in [0.2, 0.25) is 0 Å². The smallest absolute Gasteiger partial charge is 0.0410 e. The SMILES string of the molecule is [CH2]c1cc2c(cn1)CNC2. The Morgan fingerprint density at radius 1 is 1.40 bits per heavy atom. The molecule has 1 aliphatic rings. The van der Waals surface area contributed by atoms with E-state index in [2.05, 4.69) is 17.2 Å². The molecule has 0 atom stereocenters. The van der Waals surface area contributed by atoms with Gasteiger partial charge in [-0.1, -0.05) is 0 Å². The quantitative estimate of drug-likeness (QED) is 0.568. The lowest BCUT2D eigenvalue weighted by Crippen LogP contribution is -1.99. The molecule has 0 bridgehead atoms. The molecule has 0 aromatic carbocycles. The number of fused-ring (bicyclic) bond motifs is 1. The van der Waals surface area contributed by atoms with Gasteiger partial charge in [-0.05, 0) is 24.1 Å². The Labute approximate surface area is 60.3 Å². The molecule has 0 amide bonds. The lowest BCUT2D eigenvalue weighted by atomic mass is 10.2. The van der Waals surface area contributed by atoms with E-state index in [1.165, 1.54) is 11.1 Å². The van der Waals surface area contributed by atoms with Crippen LogP contribution >= 0.6 is 0 Å². The van der Waals surface area contributed by atoms with Crippen molar-refractivity contribution in [1.29, 1.82) is 0 Å². The number of pyridine rings is 1. The Kier molecular flexibility index (Phi) is 1.21. The third-order valence-corrected chi connectivity index (χ3v) is 1.77. The Hall–Kier alpha value is -0.890. The highest BCUT2D eigenvalue weighted by atomic mass is 14.9. The third kappa shape index (κ3) is 0.809. The van der Waals surface area contributed by atoms with E-state index < -0.39 is 0 Å². The van der Waals surface area contributed by atoms with Gasteiger partial charge in [0.05, 0.1) is 0 Å². The summed E-state index contributed by atoms with van der Waals surface area (Å²) in [7, 11) is 0. The number of nitrogens with zero attached hydrogens (tertiary/aromatic N) is 1. The summed E-state index contributed by atoms with van der Waals surface area (Å²) < 4.78 is 0. The molecular weight excluding hydrogens is 124 g/mol. The number of nitrogens with one attached hydrogen (secondary N) is 1. The lowest BCUT2D eigenvalue weighted by molar-refractivity contribution is 0.764. The normalized spacial score (nSPS) is 15.3. The molecule has 1 aliphatic heterocycles. The van der Waals surface area contributed by atoms with Crippen LogP contribution in [0.3, 0.4) is 0 Å². The average Bonchev–Trinajstić information content (AvgIpc) is 2.33. The third-order valence-electron chi connectivity index (χ3n) is 1.77. The van der Waals surface area contributed by atoms with E-state index in [0.717, 1.165) is 18.8 Å². The molecule has 2 heterocycles. The van der Waals surface area contributed by atoms with Gasteiger partial charge in [0, 0.05) is 25.0 Å². The van der Waals surface area contributed by atoms with Crippen LogP contribution in [0.1, 0.15) is 16.8 Å². The van der Waals surface area contributed by atoms with Crippen molar-refractivity contribution in [2.45, 2.75) is 13.1 Å². The second kappa shape index (κ2) is 2.06. The van der Waals surface area contributed by atoms with Crippen LogP contribution in [0, 0.1) is 6.92 Å². The predicted octanol–water partition coefficient (Wildman–Crippen LogP) is 0.867. The second-order valence-electron chi connectivity index (χ2n) is 2.55. The molecule has 0 saturated heterocycles. The average molecular weight is 133 g/mol. The summed E-state index contributed by atoms with van der Waals surface area (Å²) in [6, 6.07) is 2.04. The fourth-order valence-corrected chi connectivity index (χ4v) is 1.23. The van der Waals surface area contributed by atoms with E-state index in [-0.39, 0.29) is 0 Å². The van der Waals surface area contributed by atoms with Crippen molar-refractivity contribution in [1.82, 2.24) is 10.3 Å². The fraction of sp³-hybridized carbons (Fsp3) is 0.250. The Balaban J connectivity index is 2.52. The summed E-state index contributed by atoms with van der Waals surface area (Å²) in [6.07, 6.45) is 1.90. The zero-order chi connectivity index (χ0) is 6.97. The van der Waals surface area contributed by atoms with Crippen LogP contribution in [0.25, 0.3) is 0 Å². The van der Waals surface area contributed by atoms with E-state index in [0.29, 0.717) is 0 Å². The first-order chi connectivity index (χ1) is 4.86. The zero-order valence-electron chi connectivity index (χ0n) is 5.72. The molecule has 51 valence electrons. The molecule has 1 radical (unpaired) electrons. The largest absolute Gasteiger partial charge is 0.309 e. The van der Waals surface area contributed by atoms with E-state index in [1.54, 1.807) is 0 Å². The topological polar surface area (TPSA) is 24.9 Å². The van der Waals surface area contributed by atoms with E-state index in [4.69, 9.17) is 0 Å². The van der Waals surface area contributed by atoms with Gasteiger partial charge >= 0.3 is 0 Å². The van der Waals surface area contributed by atoms with Crippen LogP contribution in [-0.2, 0) is 13.1 Å². The van der Waals surface area contributed by atoms with Crippen LogP contribution in [0.2, 0.25) is 0 Å². The maximum absolute atomic E-state index is 4.10. The molecule has 2 rings (SSSR count). The highest BCUT2D eigenvalue weighted by Crippen LogP contribution is 2.13. The van der Waals surface area contributed by atoms with Crippen LogP contribution in [0.15, 0.2) is 12.3 Å². The molecule has 0 aliphatic carbocycles. The van der Waals surface area contributed by atoms with Crippen LogP contribution in [0.5, 0.6) is 0 Å². The van der Waals surface area contributed by atoms with Crippen molar-refractivity contribution < 1.29 is 0 Å². The number of hydrogen-bond acceptors (Lipinski definition) is 2. The highest BCUT2D eigenvalue weighted by Gasteiger charge is 2.08. The molecule has 2 heteroatoms. The minimum Gasteiger partial charge on any atom is -0.309 e. The summed E-state index contributed by atoms with van der Waals surface area (Å²) in [5, 5.41) is 3.25. The van der Waals surface area contributed by atoms with Gasteiger partial charge in [0.15, 0.2) is 0 Å². The van der Waals surface area contributed by atoms with E-state index in [1.807, 2.05) is 12.3 Å². The van der Waals surface area contributed by atoms with Crippen LogP contribution in [0.4, 0.5) is 0 Å². The maximum atomic E-state index is 4.10. The second-order valence-corrected chi connectivity index (χ2v) is 2.55. The van der Waals surface area contributed by atoms with Gasteiger partial charge in [0.1, 0.15) is 0 Å². The van der Waals surface area contributed by atoms with Crippen LogP contribution in [-0.4, -0.2) is 4.98 Å². The minimum atomic E-state index is 0.863. The summed E-state index contributed by atoms with van der Waals surface area (Å²) >= 11 is 0. The minimum absolute atomic E-state index is 0.863. The molecule has 1 aromatic rings. The molecule has 2 nitrogen and oxygen atoms in total. The van der Waals surface area contributed by atoms with Crippen molar-refractivity contribution in [3.8, 4) is 0 Å². The van der Waals surface area contributed by atoms with Crippen LogP contribution < -0.4 is 5.32 Å². The monoisotopic (exact) mass is 133 g/mol. The molecule has 0 saturated carbocycles. The number of aromatic nitrogens is 1. The fourth-order valence-electron chi connectivity index (χ4n) is 1.23. The highest BCUT2D eigenvalue weighted by molar-refractivity contribution is 5.30.